The Labute approximate surface area is 189 Å². The highest BCUT2D eigenvalue weighted by atomic mass is 32.2. The highest BCUT2D eigenvalue weighted by molar-refractivity contribution is 7.99. The first-order valence-electron chi connectivity index (χ1n) is 10.9. The maximum absolute atomic E-state index is 12.6. The number of ether oxygens (including phenoxy) is 1. The third kappa shape index (κ3) is 7.94. The van der Waals surface area contributed by atoms with Crippen LogP contribution in [-0.4, -0.2) is 41.8 Å². The average Bonchev–Trinajstić information content (AvgIpc) is 2.94. The molecule has 0 saturated carbocycles. The Balaban J connectivity index is 1.40. The van der Waals surface area contributed by atoms with E-state index in [9.17, 15) is 9.59 Å². The Kier molecular flexibility index (Phi) is 8.83. The van der Waals surface area contributed by atoms with E-state index in [1.54, 1.807) is 0 Å². The lowest BCUT2D eigenvalue weighted by atomic mass is 10.1. The van der Waals surface area contributed by atoms with Gasteiger partial charge in [-0.3, -0.25) is 4.79 Å². The predicted molar refractivity (Wildman–Crippen MR) is 125 cm³/mol. The number of likely N-dealkylation sites (tertiary alicyclic amines) is 1. The highest BCUT2D eigenvalue weighted by Crippen LogP contribution is 2.22. The Hall–Kier alpha value is -2.47. The van der Waals surface area contributed by atoms with Crippen molar-refractivity contribution >= 4 is 23.8 Å². The number of nitrogens with one attached hydrogen (secondary N) is 1. The van der Waals surface area contributed by atoms with Gasteiger partial charge in [-0.15, -0.1) is 11.8 Å². The number of alkyl carbamates (subject to hydrolysis) is 1. The van der Waals surface area contributed by atoms with Gasteiger partial charge in [-0.1, -0.05) is 55.0 Å². The van der Waals surface area contributed by atoms with Gasteiger partial charge in [0.15, 0.2) is 0 Å². The number of amides is 2. The molecule has 1 unspecified atom stereocenters. The molecule has 5 nitrogen and oxygen atoms in total. The minimum atomic E-state index is -0.419. The van der Waals surface area contributed by atoms with Crippen LogP contribution in [-0.2, 0) is 16.1 Å². The summed E-state index contributed by atoms with van der Waals surface area (Å²) in [7, 11) is 0. The van der Waals surface area contributed by atoms with E-state index >= 15 is 0 Å². The van der Waals surface area contributed by atoms with E-state index in [0.29, 0.717) is 25.3 Å². The van der Waals surface area contributed by atoms with E-state index < -0.39 is 6.09 Å². The standard InChI is InChI=1S/C25H32N2O3S/c1-19-8-11-23(12-9-19)31-18-20(2)16-27-15-14-22(10-13-24(27)28)26-25(29)30-17-21-6-4-3-5-7-21/h3-9,11-12,20,22H,10,13-18H2,1-2H3,(H,26,29)/t20-,22?/m1/s1. The van der Waals surface area contributed by atoms with Gasteiger partial charge in [-0.05, 0) is 43.4 Å². The van der Waals surface area contributed by atoms with E-state index in [0.717, 1.165) is 24.3 Å². The number of hydrogen-bond acceptors (Lipinski definition) is 4. The van der Waals surface area contributed by atoms with Gasteiger partial charge < -0.3 is 15.0 Å². The van der Waals surface area contributed by atoms with Crippen molar-refractivity contribution in [3.05, 3.63) is 65.7 Å². The molecule has 0 aromatic heterocycles. The minimum Gasteiger partial charge on any atom is -0.445 e. The second kappa shape index (κ2) is 11.8. The molecular weight excluding hydrogens is 408 g/mol. The van der Waals surface area contributed by atoms with Crippen molar-refractivity contribution in [2.75, 3.05) is 18.8 Å². The molecule has 0 aliphatic carbocycles. The SMILES string of the molecule is Cc1ccc(SC[C@H](C)CN2CCC(NC(=O)OCc3ccccc3)CCC2=O)cc1. The zero-order chi connectivity index (χ0) is 22.1. The molecule has 1 N–H and O–H groups in total. The molecule has 6 heteroatoms. The largest absolute Gasteiger partial charge is 0.445 e. The van der Waals surface area contributed by atoms with Gasteiger partial charge in [0.2, 0.25) is 5.91 Å². The second-order valence-corrected chi connectivity index (χ2v) is 9.39. The number of nitrogens with zero attached hydrogens (tertiary/aromatic N) is 1. The Morgan fingerprint density at radius 3 is 2.65 bits per heavy atom. The topological polar surface area (TPSA) is 58.6 Å². The monoisotopic (exact) mass is 440 g/mol. The van der Waals surface area contributed by atoms with Crippen LogP contribution in [0.3, 0.4) is 0 Å². The van der Waals surface area contributed by atoms with Crippen molar-refractivity contribution in [2.24, 2.45) is 5.92 Å². The molecule has 166 valence electrons. The zero-order valence-electron chi connectivity index (χ0n) is 18.4. The van der Waals surface area contributed by atoms with Gasteiger partial charge in [0.05, 0.1) is 0 Å². The third-order valence-electron chi connectivity index (χ3n) is 5.43. The van der Waals surface area contributed by atoms with Crippen molar-refractivity contribution in [1.29, 1.82) is 0 Å². The lowest BCUT2D eigenvalue weighted by Gasteiger charge is -2.24. The molecule has 3 rings (SSSR count). The summed E-state index contributed by atoms with van der Waals surface area (Å²) in [5, 5.41) is 2.93. The second-order valence-electron chi connectivity index (χ2n) is 8.30. The van der Waals surface area contributed by atoms with Crippen molar-refractivity contribution in [3.63, 3.8) is 0 Å². The molecule has 1 aliphatic rings. The first-order valence-corrected chi connectivity index (χ1v) is 11.9. The molecule has 2 atom stereocenters. The first-order chi connectivity index (χ1) is 15.0. The number of rotatable bonds is 8. The summed E-state index contributed by atoms with van der Waals surface area (Å²) >= 11 is 1.83. The molecule has 2 aromatic carbocycles. The summed E-state index contributed by atoms with van der Waals surface area (Å²) in [6.45, 7) is 5.95. The van der Waals surface area contributed by atoms with Crippen LogP contribution in [0.15, 0.2) is 59.5 Å². The van der Waals surface area contributed by atoms with Crippen LogP contribution < -0.4 is 5.32 Å². The van der Waals surface area contributed by atoms with E-state index in [2.05, 4.69) is 43.4 Å². The Morgan fingerprint density at radius 1 is 1.16 bits per heavy atom. The number of carbonyl (C=O) groups is 2. The fourth-order valence-corrected chi connectivity index (χ4v) is 4.52. The molecule has 1 saturated heterocycles. The normalized spacial score (nSPS) is 17.7. The molecule has 1 heterocycles. The first kappa shape index (κ1) is 23.2. The van der Waals surface area contributed by atoms with E-state index in [1.807, 2.05) is 47.0 Å². The van der Waals surface area contributed by atoms with Crippen LogP contribution in [0.5, 0.6) is 0 Å². The summed E-state index contributed by atoms with van der Waals surface area (Å²) in [4.78, 5) is 27.9. The van der Waals surface area contributed by atoms with Crippen molar-refractivity contribution in [1.82, 2.24) is 10.2 Å². The molecule has 31 heavy (non-hydrogen) atoms. The summed E-state index contributed by atoms with van der Waals surface area (Å²) in [6.07, 6.45) is 1.45. The molecule has 0 radical (unpaired) electrons. The van der Waals surface area contributed by atoms with Crippen molar-refractivity contribution in [3.8, 4) is 0 Å². The fraction of sp³-hybridized carbons (Fsp3) is 0.440. The quantitative estimate of drug-likeness (QED) is 0.585. The molecule has 1 aliphatic heterocycles. The smallest absolute Gasteiger partial charge is 0.407 e. The lowest BCUT2D eigenvalue weighted by molar-refractivity contribution is -0.131. The predicted octanol–water partition coefficient (Wildman–Crippen LogP) is 5.03. The van der Waals surface area contributed by atoms with Crippen LogP contribution in [0.4, 0.5) is 4.79 Å². The van der Waals surface area contributed by atoms with Crippen LogP contribution >= 0.6 is 11.8 Å². The van der Waals surface area contributed by atoms with Crippen LogP contribution in [0.1, 0.15) is 37.3 Å². The van der Waals surface area contributed by atoms with Gasteiger partial charge >= 0.3 is 6.09 Å². The summed E-state index contributed by atoms with van der Waals surface area (Å²) < 4.78 is 5.32. The molecule has 0 spiro atoms. The number of hydrogen-bond donors (Lipinski definition) is 1. The van der Waals surface area contributed by atoms with E-state index in [4.69, 9.17) is 4.74 Å². The number of thioether (sulfide) groups is 1. The zero-order valence-corrected chi connectivity index (χ0v) is 19.2. The van der Waals surface area contributed by atoms with Gasteiger partial charge in [0.25, 0.3) is 0 Å². The summed E-state index contributed by atoms with van der Waals surface area (Å²) in [5.41, 5.74) is 2.22. The third-order valence-corrected chi connectivity index (χ3v) is 6.77. The van der Waals surface area contributed by atoms with Crippen molar-refractivity contribution in [2.45, 2.75) is 50.7 Å². The van der Waals surface area contributed by atoms with Gasteiger partial charge in [0.1, 0.15) is 6.61 Å². The van der Waals surface area contributed by atoms with Crippen LogP contribution in [0.25, 0.3) is 0 Å². The van der Waals surface area contributed by atoms with Gasteiger partial charge in [0, 0.05) is 36.2 Å². The van der Waals surface area contributed by atoms with Gasteiger partial charge in [-0.2, -0.15) is 0 Å². The Morgan fingerprint density at radius 2 is 1.90 bits per heavy atom. The maximum Gasteiger partial charge on any atom is 0.407 e. The van der Waals surface area contributed by atoms with E-state index in [1.165, 1.54) is 10.5 Å². The molecule has 2 aromatic rings. The average molecular weight is 441 g/mol. The molecule has 1 fully saturated rings. The van der Waals surface area contributed by atoms with Crippen LogP contribution in [0, 0.1) is 12.8 Å². The Bertz CT molecular complexity index is 842. The highest BCUT2D eigenvalue weighted by Gasteiger charge is 2.25. The van der Waals surface area contributed by atoms with Gasteiger partial charge in [-0.25, -0.2) is 4.79 Å². The van der Waals surface area contributed by atoms with E-state index in [-0.39, 0.29) is 18.6 Å². The maximum atomic E-state index is 12.6. The minimum absolute atomic E-state index is 0.0329. The molecule has 0 bridgehead atoms. The molecule has 2 amide bonds. The van der Waals surface area contributed by atoms with Crippen LogP contribution in [0.2, 0.25) is 0 Å². The lowest BCUT2D eigenvalue weighted by Crippen LogP contribution is -2.37. The van der Waals surface area contributed by atoms with Crippen molar-refractivity contribution < 1.29 is 14.3 Å². The number of benzene rings is 2. The number of carbonyl (C=O) groups excluding carboxylic acids is 2. The fourth-order valence-electron chi connectivity index (χ4n) is 3.61. The number of aryl methyl sites for hydroxylation is 1. The summed E-state index contributed by atoms with van der Waals surface area (Å²) in [6, 6.07) is 18.1. The summed E-state index contributed by atoms with van der Waals surface area (Å²) in [5.74, 6) is 1.55. The molecular formula is C25H32N2O3S.